The molecule has 0 aliphatic carbocycles. The molecule has 1 aromatic carbocycles. The standard InChI is InChI=1S/C21H19BrN2O7/c1-4-7-30-18-12(8-13(22)10-17(18)28-2)9-15-19(25)24(21(27)23-15)11-14-5-6-16(31-14)20(26)29-3/h4-6,8-10H,1,7,11H2,2-3H3,(H,23,27)/b15-9+. The molecule has 0 atom stereocenters. The molecule has 0 spiro atoms. The monoisotopic (exact) mass is 490 g/mol. The Hall–Kier alpha value is -3.53. The molecule has 3 amide bonds. The highest BCUT2D eigenvalue weighted by Crippen LogP contribution is 2.36. The first-order valence-electron chi connectivity index (χ1n) is 9.00. The summed E-state index contributed by atoms with van der Waals surface area (Å²) in [5.74, 6) is -0.140. The average molecular weight is 491 g/mol. The largest absolute Gasteiger partial charge is 0.493 e. The first-order chi connectivity index (χ1) is 14.9. The lowest BCUT2D eigenvalue weighted by Gasteiger charge is -2.13. The summed E-state index contributed by atoms with van der Waals surface area (Å²) in [5, 5.41) is 2.54. The van der Waals surface area contributed by atoms with Gasteiger partial charge in [-0.1, -0.05) is 28.6 Å². The van der Waals surface area contributed by atoms with E-state index in [4.69, 9.17) is 13.9 Å². The quantitative estimate of drug-likeness (QED) is 0.261. The molecule has 0 unspecified atom stereocenters. The number of hydrogen-bond acceptors (Lipinski definition) is 7. The minimum Gasteiger partial charge on any atom is -0.493 e. The molecule has 162 valence electrons. The van der Waals surface area contributed by atoms with E-state index in [2.05, 4.69) is 32.6 Å². The maximum atomic E-state index is 12.8. The lowest BCUT2D eigenvalue weighted by Crippen LogP contribution is -2.30. The highest BCUT2D eigenvalue weighted by atomic mass is 79.9. The number of nitrogens with one attached hydrogen (secondary N) is 1. The van der Waals surface area contributed by atoms with Gasteiger partial charge in [-0.25, -0.2) is 9.59 Å². The number of esters is 1. The number of halogens is 1. The van der Waals surface area contributed by atoms with Crippen LogP contribution in [0.3, 0.4) is 0 Å². The number of furan rings is 1. The Morgan fingerprint density at radius 2 is 2.06 bits per heavy atom. The fraction of sp³-hybridized carbons (Fsp3) is 0.190. The second-order valence-corrected chi connectivity index (χ2v) is 7.18. The second-order valence-electron chi connectivity index (χ2n) is 6.26. The molecule has 1 N–H and O–H groups in total. The van der Waals surface area contributed by atoms with E-state index in [-0.39, 0.29) is 30.4 Å². The van der Waals surface area contributed by atoms with Crippen LogP contribution in [0.4, 0.5) is 4.79 Å². The maximum absolute atomic E-state index is 12.8. The van der Waals surface area contributed by atoms with Crippen molar-refractivity contribution >= 4 is 39.9 Å². The molecule has 0 bridgehead atoms. The summed E-state index contributed by atoms with van der Waals surface area (Å²) in [6.07, 6.45) is 3.07. The third kappa shape index (κ3) is 4.80. The van der Waals surface area contributed by atoms with Crippen LogP contribution in [-0.4, -0.2) is 43.6 Å². The van der Waals surface area contributed by atoms with E-state index in [0.29, 0.717) is 21.5 Å². The van der Waals surface area contributed by atoms with Crippen molar-refractivity contribution < 1.29 is 33.0 Å². The van der Waals surface area contributed by atoms with Crippen molar-refractivity contribution in [2.75, 3.05) is 20.8 Å². The lowest BCUT2D eigenvalue weighted by molar-refractivity contribution is -0.123. The second kappa shape index (κ2) is 9.52. The molecule has 2 heterocycles. The van der Waals surface area contributed by atoms with Crippen molar-refractivity contribution in [3.63, 3.8) is 0 Å². The molecule has 9 nitrogen and oxygen atoms in total. The number of benzene rings is 1. The van der Waals surface area contributed by atoms with Crippen LogP contribution in [0.15, 0.2) is 51.5 Å². The zero-order valence-corrected chi connectivity index (χ0v) is 18.4. The Bertz CT molecular complexity index is 1070. The topological polar surface area (TPSA) is 107 Å². The number of urea groups is 1. The van der Waals surface area contributed by atoms with E-state index < -0.39 is 17.9 Å². The third-order valence-electron chi connectivity index (χ3n) is 4.24. The minimum absolute atomic E-state index is 0.0226. The summed E-state index contributed by atoms with van der Waals surface area (Å²) < 4.78 is 21.7. The third-order valence-corrected chi connectivity index (χ3v) is 4.70. The zero-order chi connectivity index (χ0) is 22.5. The number of carbonyl (C=O) groups is 3. The van der Waals surface area contributed by atoms with E-state index in [0.717, 1.165) is 4.90 Å². The summed E-state index contributed by atoms with van der Waals surface area (Å²) in [7, 11) is 2.72. The number of imide groups is 1. The average Bonchev–Trinajstić information content (AvgIpc) is 3.32. The first-order valence-corrected chi connectivity index (χ1v) is 9.80. The van der Waals surface area contributed by atoms with Crippen molar-refractivity contribution in [1.82, 2.24) is 10.2 Å². The predicted octanol–water partition coefficient (Wildman–Crippen LogP) is 3.50. The van der Waals surface area contributed by atoms with Gasteiger partial charge in [0.1, 0.15) is 18.1 Å². The van der Waals surface area contributed by atoms with Gasteiger partial charge in [0.25, 0.3) is 5.91 Å². The first kappa shape index (κ1) is 22.2. The van der Waals surface area contributed by atoms with E-state index in [1.165, 1.54) is 32.4 Å². The number of hydrogen-bond donors (Lipinski definition) is 1. The molecular formula is C21H19BrN2O7. The van der Waals surface area contributed by atoms with Gasteiger partial charge >= 0.3 is 12.0 Å². The van der Waals surface area contributed by atoms with Gasteiger partial charge in [-0.3, -0.25) is 9.69 Å². The molecule has 10 heteroatoms. The molecule has 1 fully saturated rings. The van der Waals surface area contributed by atoms with E-state index >= 15 is 0 Å². The lowest BCUT2D eigenvalue weighted by atomic mass is 10.1. The van der Waals surface area contributed by atoms with Gasteiger partial charge in [-0.15, -0.1) is 0 Å². The Morgan fingerprint density at radius 3 is 2.74 bits per heavy atom. The van der Waals surface area contributed by atoms with E-state index in [1.807, 2.05) is 0 Å². The van der Waals surface area contributed by atoms with Crippen LogP contribution in [0.25, 0.3) is 6.08 Å². The number of carbonyl (C=O) groups excluding carboxylic acids is 3. The fourth-order valence-corrected chi connectivity index (χ4v) is 3.30. The van der Waals surface area contributed by atoms with E-state index in [1.54, 1.807) is 18.2 Å². The molecule has 3 rings (SSSR count). The van der Waals surface area contributed by atoms with Crippen LogP contribution >= 0.6 is 15.9 Å². The van der Waals surface area contributed by atoms with Gasteiger partial charge < -0.3 is 23.9 Å². The van der Waals surface area contributed by atoms with Gasteiger partial charge in [0.05, 0.1) is 20.8 Å². The summed E-state index contributed by atoms with van der Waals surface area (Å²) in [6, 6.07) is 5.73. The molecule has 2 aromatic rings. The minimum atomic E-state index is -0.653. The normalized spacial score (nSPS) is 14.5. The van der Waals surface area contributed by atoms with Crippen molar-refractivity contribution in [3.8, 4) is 11.5 Å². The number of amides is 3. The van der Waals surface area contributed by atoms with Crippen molar-refractivity contribution in [2.45, 2.75) is 6.54 Å². The van der Waals surface area contributed by atoms with Crippen LogP contribution in [0.5, 0.6) is 11.5 Å². The summed E-state index contributed by atoms with van der Waals surface area (Å²) in [6.45, 7) is 3.70. The fourth-order valence-electron chi connectivity index (χ4n) is 2.84. The molecule has 1 aliphatic heterocycles. The van der Waals surface area contributed by atoms with E-state index in [9.17, 15) is 14.4 Å². The van der Waals surface area contributed by atoms with Crippen molar-refractivity contribution in [2.24, 2.45) is 0 Å². The number of methoxy groups -OCH3 is 2. The van der Waals surface area contributed by atoms with Gasteiger partial charge in [0, 0.05) is 10.0 Å². The molecule has 31 heavy (non-hydrogen) atoms. The summed E-state index contributed by atoms with van der Waals surface area (Å²) in [5.41, 5.74) is 0.568. The Morgan fingerprint density at radius 1 is 1.29 bits per heavy atom. The van der Waals surface area contributed by atoms with Crippen LogP contribution in [0, 0.1) is 0 Å². The van der Waals surface area contributed by atoms with Crippen molar-refractivity contribution in [3.05, 3.63) is 64.2 Å². The summed E-state index contributed by atoms with van der Waals surface area (Å²) in [4.78, 5) is 37.7. The number of nitrogens with zero attached hydrogens (tertiary/aromatic N) is 1. The van der Waals surface area contributed by atoms with Gasteiger partial charge in [-0.2, -0.15) is 0 Å². The number of rotatable bonds is 8. The van der Waals surface area contributed by atoms with Crippen LogP contribution < -0.4 is 14.8 Å². The summed E-state index contributed by atoms with van der Waals surface area (Å²) >= 11 is 3.39. The Labute approximate surface area is 186 Å². The highest BCUT2D eigenvalue weighted by Gasteiger charge is 2.34. The molecule has 0 radical (unpaired) electrons. The highest BCUT2D eigenvalue weighted by molar-refractivity contribution is 9.10. The molecule has 1 aliphatic rings. The number of ether oxygens (including phenoxy) is 3. The van der Waals surface area contributed by atoms with Crippen LogP contribution in [-0.2, 0) is 16.1 Å². The SMILES string of the molecule is C=CCOc1c(/C=C2/NC(=O)N(Cc3ccc(C(=O)OC)o3)C2=O)cc(Br)cc1OC. The molecular weight excluding hydrogens is 472 g/mol. The molecule has 1 aromatic heterocycles. The Kier molecular flexibility index (Phi) is 6.81. The van der Waals surface area contributed by atoms with Crippen molar-refractivity contribution in [1.29, 1.82) is 0 Å². The van der Waals surface area contributed by atoms with Gasteiger partial charge in [0.2, 0.25) is 5.76 Å². The molecule has 1 saturated heterocycles. The van der Waals surface area contributed by atoms with Gasteiger partial charge in [0.15, 0.2) is 11.5 Å². The van der Waals surface area contributed by atoms with Gasteiger partial charge in [-0.05, 0) is 30.3 Å². The van der Waals surface area contributed by atoms with Crippen LogP contribution in [0.1, 0.15) is 21.9 Å². The molecule has 0 saturated carbocycles. The Balaban J connectivity index is 1.88. The zero-order valence-electron chi connectivity index (χ0n) is 16.8. The van der Waals surface area contributed by atoms with Crippen LogP contribution in [0.2, 0.25) is 0 Å². The maximum Gasteiger partial charge on any atom is 0.373 e. The smallest absolute Gasteiger partial charge is 0.373 e. The predicted molar refractivity (Wildman–Crippen MR) is 113 cm³/mol.